The summed E-state index contributed by atoms with van der Waals surface area (Å²) in [6.45, 7) is 3.68. The molecule has 0 aromatic carbocycles. The van der Waals surface area contributed by atoms with Crippen LogP contribution < -0.4 is 5.73 Å². The van der Waals surface area contributed by atoms with Gasteiger partial charge in [0.25, 0.3) is 0 Å². The fraction of sp³-hybridized carbons (Fsp3) is 0.500. The summed E-state index contributed by atoms with van der Waals surface area (Å²) in [5, 5.41) is 0. The molecule has 0 fully saturated rings. The molecule has 0 bridgehead atoms. The molecular weight excluding hydrogens is 218 g/mol. The molecule has 0 aliphatic heterocycles. The number of carbonyl (C=O) groups is 1. The molecule has 0 saturated carbocycles. The lowest BCUT2D eigenvalue weighted by atomic mass is 9.92. The van der Waals surface area contributed by atoms with Crippen molar-refractivity contribution in [2.24, 2.45) is 5.73 Å². The number of carbonyl (C=O) groups excluding carboxylic acids is 1. The first kappa shape index (κ1) is 11.7. The largest absolute Gasteiger partial charge is 0.319 e. The van der Waals surface area contributed by atoms with Crippen molar-refractivity contribution in [1.82, 2.24) is 0 Å². The van der Waals surface area contributed by atoms with Crippen molar-refractivity contribution in [2.45, 2.75) is 32.2 Å². The predicted octanol–water partition coefficient (Wildman–Crippen LogP) is 2.64. The molecule has 1 unspecified atom stereocenters. The van der Waals surface area contributed by atoms with Crippen LogP contribution in [0.3, 0.4) is 0 Å². The minimum atomic E-state index is -0.712. The Morgan fingerprint density at radius 3 is 2.71 bits per heavy atom. The van der Waals surface area contributed by atoms with E-state index in [0.717, 1.165) is 4.88 Å². The number of ketones is 1. The van der Waals surface area contributed by atoms with Gasteiger partial charge in [-0.25, -0.2) is 0 Å². The van der Waals surface area contributed by atoms with E-state index in [1.165, 1.54) is 11.3 Å². The average molecular weight is 232 g/mol. The van der Waals surface area contributed by atoms with Crippen LogP contribution in [0.4, 0.5) is 0 Å². The Balaban J connectivity index is 2.66. The molecule has 0 spiro atoms. The van der Waals surface area contributed by atoms with Gasteiger partial charge in [0.05, 0.1) is 9.88 Å². The normalized spacial score (nSPS) is 15.1. The molecular formula is C10H14ClNOS. The van der Waals surface area contributed by atoms with Crippen molar-refractivity contribution in [3.8, 4) is 0 Å². The molecule has 1 atom stereocenters. The first-order valence-electron chi connectivity index (χ1n) is 4.52. The number of hydrogen-bond acceptors (Lipinski definition) is 3. The lowest BCUT2D eigenvalue weighted by molar-refractivity contribution is -0.123. The van der Waals surface area contributed by atoms with E-state index in [9.17, 15) is 4.79 Å². The van der Waals surface area contributed by atoms with Gasteiger partial charge in [-0.1, -0.05) is 18.5 Å². The molecule has 0 radical (unpaired) electrons. The topological polar surface area (TPSA) is 43.1 Å². The number of thiophene rings is 1. The summed E-state index contributed by atoms with van der Waals surface area (Å²) in [5.74, 6) is 0.0681. The molecule has 1 rings (SSSR count). The minimum absolute atomic E-state index is 0.0681. The van der Waals surface area contributed by atoms with Gasteiger partial charge >= 0.3 is 0 Å². The molecule has 1 aromatic rings. The number of halogens is 1. The van der Waals surface area contributed by atoms with Crippen LogP contribution in [0.25, 0.3) is 0 Å². The fourth-order valence-corrected chi connectivity index (χ4v) is 2.09. The fourth-order valence-electron chi connectivity index (χ4n) is 1.00. The molecule has 2 nitrogen and oxygen atoms in total. The van der Waals surface area contributed by atoms with Gasteiger partial charge in [-0.15, -0.1) is 11.3 Å². The van der Waals surface area contributed by atoms with Crippen LogP contribution in [0.2, 0.25) is 4.34 Å². The van der Waals surface area contributed by atoms with E-state index in [1.54, 1.807) is 13.0 Å². The summed E-state index contributed by atoms with van der Waals surface area (Å²) in [6, 6.07) is 3.67. The number of nitrogens with two attached hydrogens (primary N) is 1. The Labute approximate surface area is 93.1 Å². The molecule has 0 amide bonds. The molecule has 1 heterocycles. The molecule has 1 aromatic heterocycles. The first-order valence-corrected chi connectivity index (χ1v) is 5.71. The SMILES string of the molecule is CCC(C)(N)C(=O)Cc1ccc(Cl)s1. The third kappa shape index (κ3) is 2.80. The number of Topliss-reactive ketones (excluding diaryl/α,β-unsaturated/α-hetero) is 1. The zero-order valence-corrected chi connectivity index (χ0v) is 9.91. The van der Waals surface area contributed by atoms with Crippen molar-refractivity contribution in [3.63, 3.8) is 0 Å². The van der Waals surface area contributed by atoms with E-state index >= 15 is 0 Å². The molecule has 2 N–H and O–H groups in total. The minimum Gasteiger partial charge on any atom is -0.319 e. The van der Waals surface area contributed by atoms with E-state index in [-0.39, 0.29) is 5.78 Å². The van der Waals surface area contributed by atoms with Gasteiger partial charge in [0.15, 0.2) is 5.78 Å². The molecule has 0 aliphatic carbocycles. The summed E-state index contributed by atoms with van der Waals surface area (Å²) in [4.78, 5) is 12.7. The molecule has 14 heavy (non-hydrogen) atoms. The second-order valence-corrected chi connectivity index (χ2v) is 5.38. The van der Waals surface area contributed by atoms with Crippen LogP contribution in [0.15, 0.2) is 12.1 Å². The third-order valence-electron chi connectivity index (χ3n) is 2.34. The van der Waals surface area contributed by atoms with Gasteiger partial charge in [0.2, 0.25) is 0 Å². The van der Waals surface area contributed by atoms with E-state index in [0.29, 0.717) is 17.2 Å². The van der Waals surface area contributed by atoms with Crippen LogP contribution in [0.5, 0.6) is 0 Å². The Hall–Kier alpha value is -0.380. The van der Waals surface area contributed by atoms with E-state index in [4.69, 9.17) is 17.3 Å². The second kappa shape index (κ2) is 4.43. The zero-order chi connectivity index (χ0) is 10.8. The van der Waals surface area contributed by atoms with Gasteiger partial charge in [-0.05, 0) is 25.5 Å². The van der Waals surface area contributed by atoms with Crippen LogP contribution in [0.1, 0.15) is 25.1 Å². The van der Waals surface area contributed by atoms with Crippen LogP contribution in [0, 0.1) is 0 Å². The Kier molecular flexibility index (Phi) is 3.70. The number of rotatable bonds is 4. The summed E-state index contributed by atoms with van der Waals surface area (Å²) < 4.78 is 0.711. The van der Waals surface area contributed by atoms with Gasteiger partial charge < -0.3 is 5.73 Å². The van der Waals surface area contributed by atoms with Crippen LogP contribution >= 0.6 is 22.9 Å². The molecule has 0 saturated heterocycles. The lowest BCUT2D eigenvalue weighted by Crippen LogP contribution is -2.44. The molecule has 0 aliphatic rings. The smallest absolute Gasteiger partial charge is 0.157 e. The maximum atomic E-state index is 11.7. The highest BCUT2D eigenvalue weighted by Crippen LogP contribution is 2.23. The second-order valence-electron chi connectivity index (χ2n) is 3.58. The van der Waals surface area contributed by atoms with Crippen molar-refractivity contribution in [1.29, 1.82) is 0 Å². The maximum Gasteiger partial charge on any atom is 0.157 e. The average Bonchev–Trinajstić information content (AvgIpc) is 2.51. The van der Waals surface area contributed by atoms with Crippen LogP contribution in [-0.4, -0.2) is 11.3 Å². The quantitative estimate of drug-likeness (QED) is 0.866. The Morgan fingerprint density at radius 1 is 1.64 bits per heavy atom. The van der Waals surface area contributed by atoms with Crippen molar-refractivity contribution >= 4 is 28.7 Å². The Morgan fingerprint density at radius 2 is 2.29 bits per heavy atom. The highest BCUT2D eigenvalue weighted by molar-refractivity contribution is 7.16. The highest BCUT2D eigenvalue weighted by atomic mass is 35.5. The summed E-state index contributed by atoms with van der Waals surface area (Å²) in [5.41, 5.74) is 5.12. The van der Waals surface area contributed by atoms with E-state index in [1.807, 2.05) is 13.0 Å². The summed E-state index contributed by atoms with van der Waals surface area (Å²) in [7, 11) is 0. The Bertz CT molecular complexity index is 333. The highest BCUT2D eigenvalue weighted by Gasteiger charge is 2.25. The van der Waals surface area contributed by atoms with E-state index < -0.39 is 5.54 Å². The van der Waals surface area contributed by atoms with Crippen molar-refractivity contribution < 1.29 is 4.79 Å². The van der Waals surface area contributed by atoms with Gasteiger partial charge in [0.1, 0.15) is 0 Å². The van der Waals surface area contributed by atoms with Gasteiger partial charge in [-0.2, -0.15) is 0 Å². The maximum absolute atomic E-state index is 11.7. The van der Waals surface area contributed by atoms with Gasteiger partial charge in [-0.3, -0.25) is 4.79 Å². The third-order valence-corrected chi connectivity index (χ3v) is 3.57. The van der Waals surface area contributed by atoms with Crippen LogP contribution in [-0.2, 0) is 11.2 Å². The molecule has 78 valence electrons. The van der Waals surface area contributed by atoms with E-state index in [2.05, 4.69) is 0 Å². The molecule has 4 heteroatoms. The first-order chi connectivity index (χ1) is 6.45. The lowest BCUT2D eigenvalue weighted by Gasteiger charge is -2.20. The monoisotopic (exact) mass is 231 g/mol. The zero-order valence-electron chi connectivity index (χ0n) is 8.34. The summed E-state index contributed by atoms with van der Waals surface area (Å²) in [6.07, 6.45) is 1.04. The standard InChI is InChI=1S/C10H14ClNOS/c1-3-10(2,12)8(13)6-7-4-5-9(11)14-7/h4-5H,3,6,12H2,1-2H3. The predicted molar refractivity (Wildman–Crippen MR) is 60.9 cm³/mol. The van der Waals surface area contributed by atoms with Crippen molar-refractivity contribution in [2.75, 3.05) is 0 Å². The van der Waals surface area contributed by atoms with Gasteiger partial charge in [0, 0.05) is 11.3 Å². The summed E-state index contributed by atoms with van der Waals surface area (Å²) >= 11 is 7.20. The van der Waals surface area contributed by atoms with Crippen molar-refractivity contribution in [3.05, 3.63) is 21.3 Å². The number of hydrogen-bond donors (Lipinski definition) is 1.